The molecular formula is C16H23N5O2S. The van der Waals surface area contributed by atoms with Gasteiger partial charge in [0, 0.05) is 44.6 Å². The number of aryl methyl sites for hydroxylation is 2. The first-order valence-corrected chi connectivity index (χ1v) is 9.66. The van der Waals surface area contributed by atoms with E-state index < -0.39 is 10.0 Å². The normalized spacial score (nSPS) is 15.8. The van der Waals surface area contributed by atoms with E-state index in [0.717, 1.165) is 30.5 Å². The van der Waals surface area contributed by atoms with Gasteiger partial charge in [0.2, 0.25) is 10.0 Å². The fourth-order valence-electron chi connectivity index (χ4n) is 2.93. The molecule has 0 unspecified atom stereocenters. The van der Waals surface area contributed by atoms with Gasteiger partial charge in [-0.2, -0.15) is 9.40 Å². The summed E-state index contributed by atoms with van der Waals surface area (Å²) in [6, 6.07) is 3.33. The minimum Gasteiger partial charge on any atom is -0.366 e. The summed E-state index contributed by atoms with van der Waals surface area (Å²) in [6.07, 6.45) is 6.14. The van der Waals surface area contributed by atoms with Gasteiger partial charge >= 0.3 is 0 Å². The number of hydrogen-bond donors (Lipinski definition) is 1. The Morgan fingerprint density at radius 1 is 1.25 bits per heavy atom. The van der Waals surface area contributed by atoms with E-state index in [1.165, 1.54) is 10.5 Å². The molecule has 1 aliphatic rings. The van der Waals surface area contributed by atoms with Crippen molar-refractivity contribution in [3.05, 3.63) is 35.8 Å². The van der Waals surface area contributed by atoms with E-state index in [1.54, 1.807) is 16.8 Å². The van der Waals surface area contributed by atoms with Crippen molar-refractivity contribution in [3.63, 3.8) is 0 Å². The van der Waals surface area contributed by atoms with Gasteiger partial charge < -0.3 is 5.32 Å². The van der Waals surface area contributed by atoms with Gasteiger partial charge in [0.15, 0.2) is 0 Å². The number of nitrogens with zero attached hydrogens (tertiary/aromatic N) is 4. The lowest BCUT2D eigenvalue weighted by molar-refractivity contribution is 0.477. The Labute approximate surface area is 142 Å². The van der Waals surface area contributed by atoms with Crippen molar-refractivity contribution in [2.75, 3.05) is 18.4 Å². The van der Waals surface area contributed by atoms with Crippen LogP contribution in [0.1, 0.15) is 31.0 Å². The molecule has 0 aromatic carbocycles. The summed E-state index contributed by atoms with van der Waals surface area (Å²) < 4.78 is 28.3. The number of pyridine rings is 1. The molecule has 0 spiro atoms. The van der Waals surface area contributed by atoms with Crippen LogP contribution in [-0.4, -0.2) is 40.6 Å². The van der Waals surface area contributed by atoms with E-state index >= 15 is 0 Å². The number of sulfonamides is 1. The van der Waals surface area contributed by atoms with Crippen LogP contribution in [0.15, 0.2) is 29.4 Å². The Kier molecular flexibility index (Phi) is 4.86. The monoisotopic (exact) mass is 349 g/mol. The molecule has 0 bridgehead atoms. The number of hydrogen-bond acceptors (Lipinski definition) is 5. The van der Waals surface area contributed by atoms with Crippen molar-refractivity contribution < 1.29 is 8.42 Å². The second kappa shape index (κ2) is 6.90. The lowest BCUT2D eigenvalue weighted by atomic mass is 10.2. The highest BCUT2D eigenvalue weighted by atomic mass is 32.2. The Bertz CT molecular complexity index is 792. The Balaban J connectivity index is 1.68. The van der Waals surface area contributed by atoms with E-state index in [0.29, 0.717) is 25.5 Å². The third-order valence-electron chi connectivity index (χ3n) is 4.23. The zero-order valence-electron chi connectivity index (χ0n) is 14.1. The average molecular weight is 349 g/mol. The maximum atomic E-state index is 12.5. The molecule has 2 aromatic heterocycles. The van der Waals surface area contributed by atoms with Crippen LogP contribution in [-0.2, 0) is 30.0 Å². The Morgan fingerprint density at radius 3 is 2.62 bits per heavy atom. The summed E-state index contributed by atoms with van der Waals surface area (Å²) in [5, 5.41) is 7.63. The fourth-order valence-corrected chi connectivity index (χ4v) is 4.39. The highest BCUT2D eigenvalue weighted by Gasteiger charge is 2.27. The lowest BCUT2D eigenvalue weighted by Crippen LogP contribution is -2.27. The number of nitrogens with one attached hydrogen (secondary N) is 1. The van der Waals surface area contributed by atoms with Gasteiger partial charge in [0.05, 0.1) is 5.69 Å². The van der Waals surface area contributed by atoms with Crippen LogP contribution in [0.4, 0.5) is 5.82 Å². The molecule has 1 N–H and O–H groups in total. The zero-order chi connectivity index (χ0) is 17.2. The molecule has 2 aromatic rings. The first kappa shape index (κ1) is 16.9. The van der Waals surface area contributed by atoms with Gasteiger partial charge in [-0.25, -0.2) is 13.4 Å². The molecule has 0 amide bonds. The van der Waals surface area contributed by atoms with Crippen LogP contribution < -0.4 is 5.32 Å². The maximum absolute atomic E-state index is 12.5. The highest BCUT2D eigenvalue weighted by Crippen LogP contribution is 2.21. The molecule has 0 aliphatic carbocycles. The van der Waals surface area contributed by atoms with E-state index in [4.69, 9.17) is 0 Å². The summed E-state index contributed by atoms with van der Waals surface area (Å²) in [4.78, 5) is 4.50. The quantitative estimate of drug-likeness (QED) is 0.860. The molecule has 1 fully saturated rings. The number of rotatable bonds is 6. The molecular weight excluding hydrogens is 326 g/mol. The third-order valence-corrected chi connectivity index (χ3v) is 6.11. The number of aromatic nitrogens is 3. The van der Waals surface area contributed by atoms with Crippen LogP contribution in [0.25, 0.3) is 0 Å². The van der Waals surface area contributed by atoms with E-state index in [2.05, 4.69) is 22.3 Å². The van der Waals surface area contributed by atoms with Crippen molar-refractivity contribution in [2.24, 2.45) is 7.05 Å². The summed E-state index contributed by atoms with van der Waals surface area (Å²) >= 11 is 0. The molecule has 1 aliphatic heterocycles. The van der Waals surface area contributed by atoms with Gasteiger partial charge in [-0.1, -0.05) is 6.92 Å². The molecule has 8 heteroatoms. The maximum Gasteiger partial charge on any atom is 0.244 e. The van der Waals surface area contributed by atoms with Crippen LogP contribution >= 0.6 is 0 Å². The van der Waals surface area contributed by atoms with Gasteiger partial charge in [-0.15, -0.1) is 0 Å². The largest absolute Gasteiger partial charge is 0.366 e. The Morgan fingerprint density at radius 2 is 2.00 bits per heavy atom. The topological polar surface area (TPSA) is 80.1 Å². The Hall–Kier alpha value is -1.93. The first-order valence-electron chi connectivity index (χ1n) is 8.22. The molecule has 24 heavy (non-hydrogen) atoms. The van der Waals surface area contributed by atoms with Crippen molar-refractivity contribution in [3.8, 4) is 0 Å². The minimum atomic E-state index is -3.40. The molecule has 1 saturated heterocycles. The van der Waals surface area contributed by atoms with Crippen LogP contribution in [0, 0.1) is 0 Å². The van der Waals surface area contributed by atoms with Gasteiger partial charge in [0.1, 0.15) is 10.7 Å². The smallest absolute Gasteiger partial charge is 0.244 e. The average Bonchev–Trinajstić information content (AvgIpc) is 3.23. The minimum absolute atomic E-state index is 0.255. The molecule has 0 saturated carbocycles. The summed E-state index contributed by atoms with van der Waals surface area (Å²) in [6.45, 7) is 3.89. The molecule has 7 nitrogen and oxygen atoms in total. The standard InChI is InChI=1S/C16H23N5O2S/c1-3-15-13(12-20(2)19-15)10-17-16-7-6-14(11-18-16)24(22,23)21-8-4-5-9-21/h6-7,11-12H,3-5,8-10H2,1-2H3,(H,17,18). The first-order chi connectivity index (χ1) is 11.5. The summed E-state index contributed by atoms with van der Waals surface area (Å²) in [5.41, 5.74) is 2.17. The molecule has 0 atom stereocenters. The number of anilines is 1. The van der Waals surface area contributed by atoms with Crippen LogP contribution in [0.5, 0.6) is 0 Å². The second-order valence-corrected chi connectivity index (χ2v) is 7.91. The summed E-state index contributed by atoms with van der Waals surface area (Å²) in [7, 11) is -1.50. The lowest BCUT2D eigenvalue weighted by Gasteiger charge is -2.15. The predicted molar refractivity (Wildman–Crippen MR) is 92.1 cm³/mol. The molecule has 3 rings (SSSR count). The predicted octanol–water partition coefficient (Wildman–Crippen LogP) is 1.77. The van der Waals surface area contributed by atoms with E-state index in [-0.39, 0.29) is 4.90 Å². The van der Waals surface area contributed by atoms with Gasteiger partial charge in [-0.05, 0) is 31.4 Å². The van der Waals surface area contributed by atoms with E-state index in [1.807, 2.05) is 13.2 Å². The molecule has 0 radical (unpaired) electrons. The van der Waals surface area contributed by atoms with Crippen LogP contribution in [0.3, 0.4) is 0 Å². The van der Waals surface area contributed by atoms with Crippen molar-refractivity contribution in [1.82, 2.24) is 19.1 Å². The van der Waals surface area contributed by atoms with Gasteiger partial charge in [0.25, 0.3) is 0 Å². The molecule has 3 heterocycles. The van der Waals surface area contributed by atoms with Gasteiger partial charge in [-0.3, -0.25) is 4.68 Å². The van der Waals surface area contributed by atoms with E-state index in [9.17, 15) is 8.42 Å². The summed E-state index contributed by atoms with van der Waals surface area (Å²) in [5.74, 6) is 0.654. The highest BCUT2D eigenvalue weighted by molar-refractivity contribution is 7.89. The van der Waals surface area contributed by atoms with Crippen molar-refractivity contribution in [2.45, 2.75) is 37.6 Å². The fraction of sp³-hybridized carbons (Fsp3) is 0.500. The van der Waals surface area contributed by atoms with Crippen molar-refractivity contribution in [1.29, 1.82) is 0 Å². The zero-order valence-corrected chi connectivity index (χ0v) is 14.9. The third kappa shape index (κ3) is 3.44. The molecule has 130 valence electrons. The van der Waals surface area contributed by atoms with Crippen LogP contribution in [0.2, 0.25) is 0 Å². The second-order valence-electron chi connectivity index (χ2n) is 5.97. The van der Waals surface area contributed by atoms with Crippen molar-refractivity contribution >= 4 is 15.8 Å². The SMILES string of the molecule is CCc1nn(C)cc1CNc1ccc(S(=O)(=O)N2CCCC2)cn1.